The highest BCUT2D eigenvalue weighted by Gasteiger charge is 2.13. The number of hydrogen-bond donors (Lipinski definition) is 2. The molecule has 0 saturated heterocycles. The number of nitrogens with one attached hydrogen (secondary N) is 1. The molecule has 0 fully saturated rings. The number of imidazole rings is 1. The van der Waals surface area contributed by atoms with Gasteiger partial charge in [-0.05, 0) is 30.2 Å². The Bertz CT molecular complexity index is 538. The van der Waals surface area contributed by atoms with Gasteiger partial charge in [0.15, 0.2) is 0 Å². The Labute approximate surface area is 114 Å². The van der Waals surface area contributed by atoms with Crippen molar-refractivity contribution in [3.05, 3.63) is 35.7 Å². The lowest BCUT2D eigenvalue weighted by molar-refractivity contribution is 0.806. The van der Waals surface area contributed by atoms with Crippen LogP contribution < -0.4 is 10.6 Å². The van der Waals surface area contributed by atoms with Crippen LogP contribution in [0.5, 0.6) is 0 Å². The molecule has 0 aliphatic rings. The average molecular weight is 258 g/mol. The third kappa shape index (κ3) is 2.79. The first-order valence-corrected chi connectivity index (χ1v) is 6.59. The zero-order valence-electron chi connectivity index (χ0n) is 12.1. The summed E-state index contributed by atoms with van der Waals surface area (Å²) in [7, 11) is 4.07. The van der Waals surface area contributed by atoms with Crippen molar-refractivity contribution in [1.82, 2.24) is 9.97 Å². The minimum absolute atomic E-state index is 0.379. The Hall–Kier alpha value is -1.81. The number of H-pyrrole nitrogens is 1. The van der Waals surface area contributed by atoms with Crippen LogP contribution in [-0.4, -0.2) is 24.1 Å². The number of nitrogens with zero attached hydrogens (tertiary/aromatic N) is 2. The van der Waals surface area contributed by atoms with Crippen LogP contribution in [-0.2, 0) is 6.54 Å². The van der Waals surface area contributed by atoms with E-state index in [1.165, 1.54) is 5.69 Å². The van der Waals surface area contributed by atoms with E-state index in [4.69, 9.17) is 5.73 Å². The number of hydrogen-bond acceptors (Lipinski definition) is 3. The van der Waals surface area contributed by atoms with Crippen LogP contribution in [0.4, 0.5) is 5.69 Å². The molecule has 0 spiro atoms. The summed E-state index contributed by atoms with van der Waals surface area (Å²) in [6.07, 6.45) is 0. The first-order chi connectivity index (χ1) is 9.02. The predicted octanol–water partition coefficient (Wildman–Crippen LogP) is 2.72. The van der Waals surface area contributed by atoms with Crippen LogP contribution in [0.2, 0.25) is 0 Å². The molecule has 102 valence electrons. The highest BCUT2D eigenvalue weighted by atomic mass is 15.1. The minimum atomic E-state index is 0.379. The minimum Gasteiger partial charge on any atom is -0.378 e. The van der Waals surface area contributed by atoms with Gasteiger partial charge in [-0.1, -0.05) is 13.8 Å². The molecule has 0 amide bonds. The van der Waals surface area contributed by atoms with E-state index in [1.807, 2.05) is 14.1 Å². The molecule has 19 heavy (non-hydrogen) atoms. The molecule has 0 atom stereocenters. The fourth-order valence-electron chi connectivity index (χ4n) is 2.11. The van der Waals surface area contributed by atoms with Gasteiger partial charge in [0, 0.05) is 31.9 Å². The van der Waals surface area contributed by atoms with Crippen LogP contribution >= 0.6 is 0 Å². The summed E-state index contributed by atoms with van der Waals surface area (Å²) < 4.78 is 0. The maximum atomic E-state index is 5.77. The maximum Gasteiger partial charge on any atom is 0.137 e. The van der Waals surface area contributed by atoms with Crippen LogP contribution in [0.1, 0.15) is 31.2 Å². The molecule has 0 aliphatic carbocycles. The molecule has 4 heteroatoms. The van der Waals surface area contributed by atoms with Gasteiger partial charge in [-0.2, -0.15) is 0 Å². The smallest absolute Gasteiger partial charge is 0.137 e. The molecule has 4 nitrogen and oxygen atoms in total. The average Bonchev–Trinajstić information content (AvgIpc) is 2.83. The van der Waals surface area contributed by atoms with Crippen LogP contribution in [0, 0.1) is 0 Å². The number of nitrogens with two attached hydrogens (primary N) is 1. The number of aromatic nitrogens is 2. The monoisotopic (exact) mass is 258 g/mol. The lowest BCUT2D eigenvalue weighted by Gasteiger charge is -2.12. The van der Waals surface area contributed by atoms with E-state index in [9.17, 15) is 0 Å². The molecule has 0 radical (unpaired) electrons. The predicted molar refractivity (Wildman–Crippen MR) is 80.3 cm³/mol. The second-order valence-electron chi connectivity index (χ2n) is 5.25. The third-order valence-corrected chi connectivity index (χ3v) is 3.22. The van der Waals surface area contributed by atoms with Crippen molar-refractivity contribution in [3.8, 4) is 11.4 Å². The van der Waals surface area contributed by atoms with Gasteiger partial charge >= 0.3 is 0 Å². The molecule has 2 aromatic rings. The molecule has 0 saturated carbocycles. The van der Waals surface area contributed by atoms with Gasteiger partial charge in [0.2, 0.25) is 0 Å². The van der Waals surface area contributed by atoms with Gasteiger partial charge < -0.3 is 15.6 Å². The highest BCUT2D eigenvalue weighted by Crippen LogP contribution is 2.24. The molecule has 1 heterocycles. The standard InChI is InChI=1S/C15H22N4/c1-10(2)14-13(9-16)17-15(18-14)11-5-7-12(8-6-11)19(3)4/h5-8,10H,9,16H2,1-4H3,(H,17,18). The summed E-state index contributed by atoms with van der Waals surface area (Å²) in [5.41, 5.74) is 10.1. The molecule has 0 unspecified atom stereocenters. The largest absolute Gasteiger partial charge is 0.378 e. The van der Waals surface area contributed by atoms with Crippen LogP contribution in [0.3, 0.4) is 0 Å². The molecular formula is C15H22N4. The van der Waals surface area contributed by atoms with E-state index in [0.29, 0.717) is 12.5 Å². The van der Waals surface area contributed by atoms with E-state index >= 15 is 0 Å². The Morgan fingerprint density at radius 3 is 2.26 bits per heavy atom. The fourth-order valence-corrected chi connectivity index (χ4v) is 2.11. The van der Waals surface area contributed by atoms with Gasteiger partial charge in [-0.15, -0.1) is 0 Å². The molecule has 1 aromatic carbocycles. The molecular weight excluding hydrogens is 236 g/mol. The lowest BCUT2D eigenvalue weighted by Crippen LogP contribution is -2.07. The van der Waals surface area contributed by atoms with Gasteiger partial charge in [-0.3, -0.25) is 0 Å². The summed E-state index contributed by atoms with van der Waals surface area (Å²) in [4.78, 5) is 10.1. The van der Waals surface area contributed by atoms with E-state index in [2.05, 4.69) is 53.0 Å². The Kier molecular flexibility index (Phi) is 3.90. The first kappa shape index (κ1) is 13.6. The molecule has 1 aromatic heterocycles. The fraction of sp³-hybridized carbons (Fsp3) is 0.400. The van der Waals surface area contributed by atoms with E-state index in [1.54, 1.807) is 0 Å². The van der Waals surface area contributed by atoms with E-state index in [0.717, 1.165) is 22.8 Å². The first-order valence-electron chi connectivity index (χ1n) is 6.59. The van der Waals surface area contributed by atoms with Crippen molar-refractivity contribution in [1.29, 1.82) is 0 Å². The van der Waals surface area contributed by atoms with Gasteiger partial charge in [0.25, 0.3) is 0 Å². The maximum absolute atomic E-state index is 5.77. The molecule has 0 aliphatic heterocycles. The van der Waals surface area contributed by atoms with Gasteiger partial charge in [0.05, 0.1) is 11.4 Å². The third-order valence-electron chi connectivity index (χ3n) is 3.22. The Morgan fingerprint density at radius 2 is 1.84 bits per heavy atom. The number of benzene rings is 1. The SMILES string of the molecule is CC(C)c1nc(-c2ccc(N(C)C)cc2)[nH]c1CN. The van der Waals surface area contributed by atoms with Crippen molar-refractivity contribution >= 4 is 5.69 Å². The van der Waals surface area contributed by atoms with Crippen molar-refractivity contribution in [2.75, 3.05) is 19.0 Å². The molecule has 0 bridgehead atoms. The summed E-state index contributed by atoms with van der Waals surface area (Å²) in [6.45, 7) is 4.76. The van der Waals surface area contributed by atoms with Crippen molar-refractivity contribution in [2.24, 2.45) is 5.73 Å². The summed E-state index contributed by atoms with van der Waals surface area (Å²) in [5.74, 6) is 1.28. The molecule has 2 rings (SSSR count). The zero-order valence-corrected chi connectivity index (χ0v) is 12.1. The summed E-state index contributed by atoms with van der Waals surface area (Å²) in [6, 6.07) is 8.35. The van der Waals surface area contributed by atoms with Crippen molar-refractivity contribution in [3.63, 3.8) is 0 Å². The topological polar surface area (TPSA) is 57.9 Å². The summed E-state index contributed by atoms with van der Waals surface area (Å²) >= 11 is 0. The van der Waals surface area contributed by atoms with E-state index in [-0.39, 0.29) is 0 Å². The van der Waals surface area contributed by atoms with Crippen LogP contribution in [0.15, 0.2) is 24.3 Å². The second kappa shape index (κ2) is 5.45. The van der Waals surface area contributed by atoms with E-state index < -0.39 is 0 Å². The number of rotatable bonds is 4. The lowest BCUT2D eigenvalue weighted by atomic mass is 10.1. The highest BCUT2D eigenvalue weighted by molar-refractivity contribution is 5.61. The Morgan fingerprint density at radius 1 is 1.21 bits per heavy atom. The van der Waals surface area contributed by atoms with Crippen molar-refractivity contribution in [2.45, 2.75) is 26.3 Å². The van der Waals surface area contributed by atoms with Gasteiger partial charge in [0.1, 0.15) is 5.82 Å². The normalized spacial score (nSPS) is 11.1. The van der Waals surface area contributed by atoms with Crippen molar-refractivity contribution < 1.29 is 0 Å². The summed E-state index contributed by atoms with van der Waals surface area (Å²) in [5, 5.41) is 0. The number of aromatic amines is 1. The number of anilines is 1. The Balaban J connectivity index is 2.36. The van der Waals surface area contributed by atoms with Gasteiger partial charge in [-0.25, -0.2) is 4.98 Å². The van der Waals surface area contributed by atoms with Crippen LogP contribution in [0.25, 0.3) is 11.4 Å². The quantitative estimate of drug-likeness (QED) is 0.886. The zero-order chi connectivity index (χ0) is 14.0. The second-order valence-corrected chi connectivity index (χ2v) is 5.25. The molecule has 3 N–H and O–H groups in total.